The van der Waals surface area contributed by atoms with Crippen LogP contribution in [-0.4, -0.2) is 18.8 Å². The summed E-state index contributed by atoms with van der Waals surface area (Å²) >= 11 is 3.36. The van der Waals surface area contributed by atoms with Gasteiger partial charge in [-0.1, -0.05) is 22.0 Å². The number of halogens is 1. The van der Waals surface area contributed by atoms with Crippen LogP contribution in [-0.2, 0) is 16.1 Å². The number of rotatable bonds is 1. The van der Waals surface area contributed by atoms with Gasteiger partial charge in [0.25, 0.3) is 0 Å². The van der Waals surface area contributed by atoms with Crippen molar-refractivity contribution >= 4 is 27.6 Å². The van der Waals surface area contributed by atoms with E-state index >= 15 is 0 Å². The minimum absolute atomic E-state index is 0.373. The van der Waals surface area contributed by atoms with Crippen molar-refractivity contribution in [1.82, 2.24) is 0 Å². The Morgan fingerprint density at radius 3 is 3.07 bits per heavy atom. The van der Waals surface area contributed by atoms with Crippen LogP contribution in [0.5, 0.6) is 0 Å². The molecule has 72 valence electrons. The number of carbonyl (C=O) groups is 1. The van der Waals surface area contributed by atoms with Crippen LogP contribution in [0.2, 0.25) is 0 Å². The van der Waals surface area contributed by atoms with Crippen molar-refractivity contribution in [2.45, 2.75) is 6.54 Å². The predicted molar refractivity (Wildman–Crippen MR) is 56.4 cm³/mol. The molecule has 0 bridgehead atoms. The fraction of sp³-hybridized carbons (Fsp3) is 0.200. The molecule has 0 spiro atoms. The Hall–Kier alpha value is -1.16. The van der Waals surface area contributed by atoms with Crippen molar-refractivity contribution in [1.29, 1.82) is 0 Å². The molecule has 14 heavy (non-hydrogen) atoms. The lowest BCUT2D eigenvalue weighted by Crippen LogP contribution is -2.15. The first kappa shape index (κ1) is 9.40. The van der Waals surface area contributed by atoms with Crippen molar-refractivity contribution in [2.75, 3.05) is 7.11 Å². The van der Waals surface area contributed by atoms with Gasteiger partial charge in [-0.2, -0.15) is 0 Å². The van der Waals surface area contributed by atoms with E-state index in [1.54, 1.807) is 0 Å². The van der Waals surface area contributed by atoms with Gasteiger partial charge < -0.3 is 4.74 Å². The topological polar surface area (TPSA) is 38.7 Å². The lowest BCUT2D eigenvalue weighted by atomic mass is 10.1. The Labute approximate surface area is 89.9 Å². The molecule has 0 fully saturated rings. The van der Waals surface area contributed by atoms with E-state index in [0.29, 0.717) is 12.3 Å². The molecule has 4 heteroatoms. The smallest absolute Gasteiger partial charge is 0.356 e. The summed E-state index contributed by atoms with van der Waals surface area (Å²) in [5.41, 5.74) is 2.35. The van der Waals surface area contributed by atoms with E-state index in [1.807, 2.05) is 18.2 Å². The lowest BCUT2D eigenvalue weighted by molar-refractivity contribution is -0.132. The van der Waals surface area contributed by atoms with E-state index in [9.17, 15) is 4.79 Å². The Morgan fingerprint density at radius 1 is 1.57 bits per heavy atom. The molecule has 0 aromatic heterocycles. The molecular formula is C10H8BrNO2. The summed E-state index contributed by atoms with van der Waals surface area (Å²) in [4.78, 5) is 15.5. The van der Waals surface area contributed by atoms with Gasteiger partial charge >= 0.3 is 5.97 Å². The molecule has 0 amide bonds. The van der Waals surface area contributed by atoms with Crippen LogP contribution in [0.15, 0.2) is 27.7 Å². The van der Waals surface area contributed by atoms with Crippen LogP contribution < -0.4 is 0 Å². The zero-order chi connectivity index (χ0) is 10.1. The number of fused-ring (bicyclic) bond motifs is 1. The van der Waals surface area contributed by atoms with Gasteiger partial charge in [0.1, 0.15) is 0 Å². The first-order valence-corrected chi connectivity index (χ1v) is 4.93. The number of esters is 1. The van der Waals surface area contributed by atoms with E-state index in [1.165, 1.54) is 7.11 Å². The molecule has 0 N–H and O–H groups in total. The van der Waals surface area contributed by atoms with Gasteiger partial charge in [0.05, 0.1) is 13.7 Å². The summed E-state index contributed by atoms with van der Waals surface area (Å²) in [6.07, 6.45) is 0. The Bertz CT molecular complexity index is 426. The van der Waals surface area contributed by atoms with E-state index < -0.39 is 0 Å². The summed E-state index contributed by atoms with van der Waals surface area (Å²) in [5, 5.41) is 0. The Morgan fingerprint density at radius 2 is 2.36 bits per heavy atom. The van der Waals surface area contributed by atoms with E-state index in [-0.39, 0.29) is 5.97 Å². The molecule has 0 saturated carbocycles. The highest BCUT2D eigenvalue weighted by atomic mass is 79.9. The molecule has 1 heterocycles. The first-order chi connectivity index (χ1) is 6.72. The fourth-order valence-electron chi connectivity index (χ4n) is 1.43. The molecule has 0 unspecified atom stereocenters. The van der Waals surface area contributed by atoms with Crippen molar-refractivity contribution in [3.8, 4) is 0 Å². The Kier molecular flexibility index (Phi) is 2.37. The molecule has 1 aliphatic rings. The standard InChI is InChI=1S/C10H8BrNO2/c1-14-10(13)9-8-4-7(11)3-2-6(8)5-12-9/h2-4H,5H2,1H3. The molecular weight excluding hydrogens is 246 g/mol. The van der Waals surface area contributed by atoms with E-state index in [4.69, 9.17) is 0 Å². The molecule has 0 saturated heterocycles. The van der Waals surface area contributed by atoms with Gasteiger partial charge in [0, 0.05) is 10.0 Å². The number of benzene rings is 1. The largest absolute Gasteiger partial charge is 0.464 e. The average molecular weight is 254 g/mol. The average Bonchev–Trinajstić information content (AvgIpc) is 2.59. The summed E-state index contributed by atoms with van der Waals surface area (Å²) < 4.78 is 5.59. The molecule has 1 aliphatic heterocycles. The van der Waals surface area contributed by atoms with Crippen molar-refractivity contribution in [3.63, 3.8) is 0 Å². The molecule has 1 aromatic rings. The fourth-order valence-corrected chi connectivity index (χ4v) is 1.79. The predicted octanol–water partition coefficient (Wildman–Crippen LogP) is 1.92. The van der Waals surface area contributed by atoms with Gasteiger partial charge in [-0.05, 0) is 17.7 Å². The van der Waals surface area contributed by atoms with Crippen molar-refractivity contribution in [3.05, 3.63) is 33.8 Å². The highest BCUT2D eigenvalue weighted by molar-refractivity contribution is 9.10. The quantitative estimate of drug-likeness (QED) is 0.718. The zero-order valence-electron chi connectivity index (χ0n) is 7.58. The second-order valence-corrected chi connectivity index (χ2v) is 3.87. The van der Waals surface area contributed by atoms with Crippen LogP contribution in [0.4, 0.5) is 0 Å². The number of carbonyl (C=O) groups excluding carboxylic acids is 1. The minimum Gasteiger partial charge on any atom is -0.464 e. The van der Waals surface area contributed by atoms with Crippen LogP contribution in [0.3, 0.4) is 0 Å². The minimum atomic E-state index is -0.373. The normalized spacial score (nSPS) is 13.4. The molecule has 1 aromatic carbocycles. The number of nitrogens with zero attached hydrogens (tertiary/aromatic N) is 1. The van der Waals surface area contributed by atoms with Gasteiger partial charge in [0.15, 0.2) is 5.71 Å². The second-order valence-electron chi connectivity index (χ2n) is 2.96. The highest BCUT2D eigenvalue weighted by Crippen LogP contribution is 2.23. The van der Waals surface area contributed by atoms with Crippen molar-refractivity contribution < 1.29 is 9.53 Å². The number of hydrogen-bond donors (Lipinski definition) is 0. The van der Waals surface area contributed by atoms with Crippen molar-refractivity contribution in [2.24, 2.45) is 4.99 Å². The highest BCUT2D eigenvalue weighted by Gasteiger charge is 2.22. The summed E-state index contributed by atoms with van der Waals surface area (Å²) in [5.74, 6) is -0.373. The number of methoxy groups -OCH3 is 1. The maximum atomic E-state index is 11.3. The molecule has 0 aliphatic carbocycles. The zero-order valence-corrected chi connectivity index (χ0v) is 9.17. The number of aliphatic imine (C=N–C) groups is 1. The summed E-state index contributed by atoms with van der Waals surface area (Å²) in [6.45, 7) is 0.563. The summed E-state index contributed by atoms with van der Waals surface area (Å²) in [6, 6.07) is 5.78. The maximum Gasteiger partial charge on any atom is 0.356 e. The van der Waals surface area contributed by atoms with Gasteiger partial charge in [0.2, 0.25) is 0 Å². The number of ether oxygens (including phenoxy) is 1. The molecule has 0 radical (unpaired) electrons. The van der Waals surface area contributed by atoms with Crippen LogP contribution in [0.25, 0.3) is 0 Å². The second kappa shape index (κ2) is 3.53. The SMILES string of the molecule is COC(=O)C1=NCc2ccc(Br)cc21. The number of hydrogen-bond acceptors (Lipinski definition) is 3. The molecule has 3 nitrogen and oxygen atoms in total. The van der Waals surface area contributed by atoms with E-state index in [2.05, 4.69) is 25.7 Å². The van der Waals surface area contributed by atoms with Crippen LogP contribution >= 0.6 is 15.9 Å². The molecule has 2 rings (SSSR count). The van der Waals surface area contributed by atoms with Gasteiger partial charge in [-0.15, -0.1) is 0 Å². The Balaban J connectivity index is 2.45. The van der Waals surface area contributed by atoms with Gasteiger partial charge in [-0.25, -0.2) is 4.79 Å². The lowest BCUT2D eigenvalue weighted by Gasteiger charge is -2.01. The molecule has 0 atom stereocenters. The van der Waals surface area contributed by atoms with Crippen LogP contribution in [0.1, 0.15) is 11.1 Å². The van der Waals surface area contributed by atoms with E-state index in [0.717, 1.165) is 15.6 Å². The maximum absolute atomic E-state index is 11.3. The third-order valence-electron chi connectivity index (χ3n) is 2.11. The third kappa shape index (κ3) is 1.46. The summed E-state index contributed by atoms with van der Waals surface area (Å²) in [7, 11) is 1.36. The van der Waals surface area contributed by atoms with Gasteiger partial charge in [-0.3, -0.25) is 4.99 Å². The monoisotopic (exact) mass is 253 g/mol. The first-order valence-electron chi connectivity index (χ1n) is 4.14. The third-order valence-corrected chi connectivity index (χ3v) is 2.61. The van der Waals surface area contributed by atoms with Crippen LogP contribution in [0, 0.1) is 0 Å².